The molecule has 0 fully saturated rings. The van der Waals surface area contributed by atoms with Gasteiger partial charge >= 0.3 is 0 Å². The zero-order valence-corrected chi connectivity index (χ0v) is 10.5. The van der Waals surface area contributed by atoms with Crippen LogP contribution in [-0.4, -0.2) is 17.4 Å². The molecule has 0 radical (unpaired) electrons. The fourth-order valence-corrected chi connectivity index (χ4v) is 1.60. The Morgan fingerprint density at radius 3 is 2.63 bits per heavy atom. The van der Waals surface area contributed by atoms with Crippen LogP contribution in [0.25, 0.3) is 0 Å². The molecule has 1 amide bonds. The zero-order valence-electron chi connectivity index (χ0n) is 10.5. The Labute approximate surface area is 110 Å². The minimum Gasteiger partial charge on any atom is -0.385 e. The monoisotopic (exact) mass is 259 g/mol. The van der Waals surface area contributed by atoms with Crippen LogP contribution in [0.3, 0.4) is 0 Å². The number of nitrogens with one attached hydrogen (secondary N) is 2. The van der Waals surface area contributed by atoms with Crippen molar-refractivity contribution in [2.45, 2.75) is 6.92 Å². The molecule has 1 heterocycles. The van der Waals surface area contributed by atoms with Gasteiger partial charge in [-0.1, -0.05) is 0 Å². The van der Waals surface area contributed by atoms with Gasteiger partial charge in [0.2, 0.25) is 0 Å². The average molecular weight is 259 g/mol. The van der Waals surface area contributed by atoms with Crippen molar-refractivity contribution >= 4 is 17.3 Å². The van der Waals surface area contributed by atoms with Crippen molar-refractivity contribution in [1.29, 1.82) is 0 Å². The summed E-state index contributed by atoms with van der Waals surface area (Å²) >= 11 is 0. The van der Waals surface area contributed by atoms with E-state index in [1.54, 1.807) is 18.3 Å². The van der Waals surface area contributed by atoms with E-state index in [9.17, 15) is 9.18 Å². The molecule has 0 spiro atoms. The van der Waals surface area contributed by atoms with Crippen LogP contribution >= 0.6 is 0 Å². The number of hydrogen-bond acceptors (Lipinski definition) is 3. The Morgan fingerprint density at radius 2 is 1.95 bits per heavy atom. The van der Waals surface area contributed by atoms with Crippen LogP contribution < -0.4 is 10.6 Å². The molecule has 2 N–H and O–H groups in total. The lowest BCUT2D eigenvalue weighted by Crippen LogP contribution is -2.14. The van der Waals surface area contributed by atoms with Gasteiger partial charge in [0.05, 0.1) is 0 Å². The normalized spacial score (nSPS) is 10.0. The highest BCUT2D eigenvalue weighted by molar-refractivity contribution is 6.03. The summed E-state index contributed by atoms with van der Waals surface area (Å²) in [6, 6.07) is 9.04. The Bertz CT molecular complexity index is 569. The summed E-state index contributed by atoms with van der Waals surface area (Å²) in [4.78, 5) is 16.0. The van der Waals surface area contributed by atoms with Crippen molar-refractivity contribution in [1.82, 2.24) is 4.98 Å². The van der Waals surface area contributed by atoms with E-state index in [1.807, 2.05) is 6.92 Å². The number of halogens is 1. The minimum atomic E-state index is -0.342. The van der Waals surface area contributed by atoms with Gasteiger partial charge in [0.25, 0.3) is 5.91 Å². The summed E-state index contributed by atoms with van der Waals surface area (Å²) in [5.41, 5.74) is 1.67. The van der Waals surface area contributed by atoms with E-state index in [1.165, 1.54) is 24.3 Å². The summed E-state index contributed by atoms with van der Waals surface area (Å²) in [7, 11) is 0. The van der Waals surface area contributed by atoms with Gasteiger partial charge in [-0.05, 0) is 43.3 Å². The van der Waals surface area contributed by atoms with Crippen molar-refractivity contribution in [3.63, 3.8) is 0 Å². The number of benzene rings is 1. The smallest absolute Gasteiger partial charge is 0.274 e. The summed E-state index contributed by atoms with van der Waals surface area (Å²) in [6.45, 7) is 2.74. The Kier molecular flexibility index (Phi) is 4.07. The highest BCUT2D eigenvalue weighted by Gasteiger charge is 2.08. The third kappa shape index (κ3) is 3.51. The zero-order chi connectivity index (χ0) is 13.7. The average Bonchev–Trinajstić information content (AvgIpc) is 2.42. The molecule has 0 saturated carbocycles. The number of aromatic nitrogens is 1. The molecule has 0 bridgehead atoms. The number of amides is 1. The van der Waals surface area contributed by atoms with E-state index in [0.717, 1.165) is 12.2 Å². The maximum absolute atomic E-state index is 12.8. The Hall–Kier alpha value is -2.43. The number of hydrogen-bond donors (Lipinski definition) is 2. The maximum atomic E-state index is 12.8. The summed E-state index contributed by atoms with van der Waals surface area (Å²) in [5.74, 6) is -0.670. The topological polar surface area (TPSA) is 54.0 Å². The quantitative estimate of drug-likeness (QED) is 0.887. The molecule has 0 atom stereocenters. The molecular formula is C14H14FN3O. The molecule has 2 rings (SSSR count). The maximum Gasteiger partial charge on any atom is 0.274 e. The number of rotatable bonds is 4. The van der Waals surface area contributed by atoms with Crippen molar-refractivity contribution < 1.29 is 9.18 Å². The van der Waals surface area contributed by atoms with Crippen molar-refractivity contribution in [3.8, 4) is 0 Å². The van der Waals surface area contributed by atoms with Crippen LogP contribution in [0.2, 0.25) is 0 Å². The number of carbonyl (C=O) groups is 1. The van der Waals surface area contributed by atoms with E-state index >= 15 is 0 Å². The first-order chi connectivity index (χ1) is 9.19. The predicted molar refractivity (Wildman–Crippen MR) is 72.8 cm³/mol. The molecule has 1 aromatic carbocycles. The fraction of sp³-hybridized carbons (Fsp3) is 0.143. The van der Waals surface area contributed by atoms with Crippen LogP contribution in [0.5, 0.6) is 0 Å². The fourth-order valence-electron chi connectivity index (χ4n) is 1.60. The molecule has 98 valence electrons. The lowest BCUT2D eigenvalue weighted by Gasteiger charge is -2.07. The molecule has 0 saturated heterocycles. The van der Waals surface area contributed by atoms with Crippen LogP contribution in [0.1, 0.15) is 17.4 Å². The lowest BCUT2D eigenvalue weighted by atomic mass is 10.2. The Balaban J connectivity index is 2.11. The van der Waals surface area contributed by atoms with Gasteiger partial charge in [0.1, 0.15) is 11.5 Å². The van der Waals surface area contributed by atoms with Gasteiger partial charge in [-0.25, -0.2) is 4.39 Å². The lowest BCUT2D eigenvalue weighted by molar-refractivity contribution is 0.102. The molecule has 4 nitrogen and oxygen atoms in total. The third-order valence-corrected chi connectivity index (χ3v) is 2.48. The van der Waals surface area contributed by atoms with Gasteiger partial charge < -0.3 is 10.6 Å². The number of carbonyl (C=O) groups excluding carboxylic acids is 1. The molecular weight excluding hydrogens is 245 g/mol. The second-order valence-corrected chi connectivity index (χ2v) is 3.92. The number of nitrogens with zero attached hydrogens (tertiary/aromatic N) is 1. The minimum absolute atomic E-state index is 0.308. The highest BCUT2D eigenvalue weighted by Crippen LogP contribution is 2.12. The van der Waals surface area contributed by atoms with Crippen molar-refractivity contribution in [2.75, 3.05) is 17.2 Å². The van der Waals surface area contributed by atoms with Gasteiger partial charge in [-0.3, -0.25) is 9.78 Å². The van der Waals surface area contributed by atoms with Gasteiger partial charge in [-0.2, -0.15) is 0 Å². The van der Waals surface area contributed by atoms with Gasteiger partial charge in [-0.15, -0.1) is 0 Å². The molecule has 1 aromatic heterocycles. The van der Waals surface area contributed by atoms with Gasteiger partial charge in [0, 0.05) is 24.1 Å². The highest BCUT2D eigenvalue weighted by atomic mass is 19.1. The van der Waals surface area contributed by atoms with E-state index in [0.29, 0.717) is 11.4 Å². The molecule has 5 heteroatoms. The standard InChI is InChI=1S/C14H14FN3O/c1-2-16-12-7-8-17-13(9-12)14(19)18-11-5-3-10(15)4-6-11/h3-9H,2H2,1H3,(H,16,17)(H,18,19). The molecule has 19 heavy (non-hydrogen) atoms. The third-order valence-electron chi connectivity index (χ3n) is 2.48. The van der Waals surface area contributed by atoms with E-state index in [2.05, 4.69) is 15.6 Å². The van der Waals surface area contributed by atoms with Crippen molar-refractivity contribution in [3.05, 3.63) is 54.1 Å². The predicted octanol–water partition coefficient (Wildman–Crippen LogP) is 2.90. The summed E-state index contributed by atoms with van der Waals surface area (Å²) in [6.07, 6.45) is 1.57. The molecule has 0 aliphatic heterocycles. The first kappa shape index (κ1) is 13.0. The van der Waals surface area contributed by atoms with E-state index in [-0.39, 0.29) is 11.7 Å². The second-order valence-electron chi connectivity index (χ2n) is 3.92. The molecule has 0 unspecified atom stereocenters. The van der Waals surface area contributed by atoms with Crippen LogP contribution in [-0.2, 0) is 0 Å². The SMILES string of the molecule is CCNc1ccnc(C(=O)Nc2ccc(F)cc2)c1. The van der Waals surface area contributed by atoms with Gasteiger partial charge in [0.15, 0.2) is 0 Å². The summed E-state index contributed by atoms with van der Waals surface area (Å²) in [5, 5.41) is 5.76. The van der Waals surface area contributed by atoms with Crippen LogP contribution in [0.4, 0.5) is 15.8 Å². The first-order valence-electron chi connectivity index (χ1n) is 5.96. The molecule has 2 aromatic rings. The number of pyridine rings is 1. The molecule has 0 aliphatic carbocycles. The number of anilines is 2. The molecule has 0 aliphatic rings. The first-order valence-corrected chi connectivity index (χ1v) is 5.96. The second kappa shape index (κ2) is 5.95. The van der Waals surface area contributed by atoms with E-state index < -0.39 is 0 Å². The summed E-state index contributed by atoms with van der Waals surface area (Å²) < 4.78 is 12.8. The van der Waals surface area contributed by atoms with Crippen molar-refractivity contribution in [2.24, 2.45) is 0 Å². The van der Waals surface area contributed by atoms with Crippen LogP contribution in [0.15, 0.2) is 42.6 Å². The largest absolute Gasteiger partial charge is 0.385 e. The Morgan fingerprint density at radius 1 is 1.21 bits per heavy atom. The van der Waals surface area contributed by atoms with Crippen LogP contribution in [0, 0.1) is 5.82 Å². The van der Waals surface area contributed by atoms with E-state index in [4.69, 9.17) is 0 Å².